The zero-order valence-electron chi connectivity index (χ0n) is 13.2. The van der Waals surface area contributed by atoms with Crippen LogP contribution in [-0.2, 0) is 0 Å². The van der Waals surface area contributed by atoms with E-state index < -0.39 is 0 Å². The van der Waals surface area contributed by atoms with Gasteiger partial charge in [0.25, 0.3) is 0 Å². The number of rotatable bonds is 2. The maximum Gasteiger partial charge on any atom is 0.225 e. The summed E-state index contributed by atoms with van der Waals surface area (Å²) in [4.78, 5) is 14.0. The van der Waals surface area contributed by atoms with Crippen LogP contribution in [0.25, 0.3) is 0 Å². The smallest absolute Gasteiger partial charge is 0.225 e. The first-order valence-electron chi connectivity index (χ1n) is 8.71. The van der Waals surface area contributed by atoms with Crippen LogP contribution in [0.2, 0.25) is 0 Å². The number of anilines is 1. The maximum atomic E-state index is 4.45. The zero-order valence-corrected chi connectivity index (χ0v) is 14.8. The summed E-state index contributed by atoms with van der Waals surface area (Å²) in [5.41, 5.74) is 0.603. The standard InChI is InChI=1S/C17H25BrN4/c18-14-12-19-16(20-13-14)22-10-6-17(7-11-22)4-8-21(9-5-17)15-2-1-3-15/h12-13,15H,1-11H2. The van der Waals surface area contributed by atoms with Crippen molar-refractivity contribution in [1.29, 1.82) is 0 Å². The molecule has 2 aliphatic heterocycles. The molecule has 1 saturated carbocycles. The zero-order chi connectivity index (χ0) is 15.0. The third kappa shape index (κ3) is 2.90. The number of halogens is 1. The Kier molecular flexibility index (Phi) is 4.11. The molecule has 120 valence electrons. The summed E-state index contributed by atoms with van der Waals surface area (Å²) in [6.07, 6.45) is 13.5. The second-order valence-corrected chi connectivity index (χ2v) is 8.22. The maximum absolute atomic E-state index is 4.45. The van der Waals surface area contributed by atoms with E-state index >= 15 is 0 Å². The van der Waals surface area contributed by atoms with Crippen molar-refractivity contribution in [3.05, 3.63) is 16.9 Å². The second kappa shape index (κ2) is 6.08. The molecule has 1 aromatic rings. The number of piperidine rings is 2. The van der Waals surface area contributed by atoms with E-state index in [4.69, 9.17) is 0 Å². The minimum atomic E-state index is 0.603. The highest BCUT2D eigenvalue weighted by molar-refractivity contribution is 9.10. The molecule has 1 spiro atoms. The summed E-state index contributed by atoms with van der Waals surface area (Å²) < 4.78 is 0.952. The Morgan fingerprint density at radius 3 is 2.09 bits per heavy atom. The summed E-state index contributed by atoms with van der Waals surface area (Å²) in [5.74, 6) is 0.893. The van der Waals surface area contributed by atoms with Gasteiger partial charge in [-0.05, 0) is 73.0 Å². The monoisotopic (exact) mass is 364 g/mol. The normalized spacial score (nSPS) is 26.1. The highest BCUT2D eigenvalue weighted by Crippen LogP contribution is 2.43. The molecule has 0 unspecified atom stereocenters. The minimum Gasteiger partial charge on any atom is -0.341 e. The van der Waals surface area contributed by atoms with Crippen LogP contribution in [0.1, 0.15) is 44.9 Å². The molecule has 3 heterocycles. The average Bonchev–Trinajstić information content (AvgIpc) is 2.50. The summed E-state index contributed by atoms with van der Waals surface area (Å²) in [6, 6.07) is 0.925. The van der Waals surface area contributed by atoms with Gasteiger partial charge in [-0.2, -0.15) is 0 Å². The van der Waals surface area contributed by atoms with Crippen molar-refractivity contribution in [3.8, 4) is 0 Å². The Balaban J connectivity index is 1.32. The van der Waals surface area contributed by atoms with Crippen LogP contribution in [0.4, 0.5) is 5.95 Å². The SMILES string of the molecule is Brc1cnc(N2CCC3(CC2)CCN(C2CCC2)CC3)nc1. The lowest BCUT2D eigenvalue weighted by atomic mass is 9.70. The van der Waals surface area contributed by atoms with Gasteiger partial charge >= 0.3 is 0 Å². The van der Waals surface area contributed by atoms with E-state index in [1.165, 1.54) is 58.0 Å². The Bertz CT molecular complexity index is 496. The molecule has 2 saturated heterocycles. The van der Waals surface area contributed by atoms with Crippen LogP contribution in [-0.4, -0.2) is 47.1 Å². The fourth-order valence-corrected chi connectivity index (χ4v) is 4.47. The van der Waals surface area contributed by atoms with Crippen molar-refractivity contribution in [3.63, 3.8) is 0 Å². The van der Waals surface area contributed by atoms with Gasteiger partial charge in [-0.25, -0.2) is 9.97 Å². The van der Waals surface area contributed by atoms with Crippen LogP contribution >= 0.6 is 15.9 Å². The van der Waals surface area contributed by atoms with Gasteiger partial charge < -0.3 is 9.80 Å². The van der Waals surface area contributed by atoms with Gasteiger partial charge in [0, 0.05) is 31.5 Å². The van der Waals surface area contributed by atoms with Gasteiger partial charge in [-0.3, -0.25) is 0 Å². The molecule has 1 aromatic heterocycles. The van der Waals surface area contributed by atoms with Crippen LogP contribution < -0.4 is 4.90 Å². The number of hydrogen-bond acceptors (Lipinski definition) is 4. The van der Waals surface area contributed by atoms with Crippen molar-refractivity contribution in [2.24, 2.45) is 5.41 Å². The molecule has 3 aliphatic rings. The number of aromatic nitrogens is 2. The molecule has 1 aliphatic carbocycles. The van der Waals surface area contributed by atoms with E-state index in [0.717, 1.165) is 29.6 Å². The van der Waals surface area contributed by atoms with E-state index in [1.807, 2.05) is 12.4 Å². The fourth-order valence-electron chi connectivity index (χ4n) is 4.27. The number of nitrogens with zero attached hydrogens (tertiary/aromatic N) is 4. The second-order valence-electron chi connectivity index (χ2n) is 7.31. The van der Waals surface area contributed by atoms with Crippen LogP contribution in [0.15, 0.2) is 16.9 Å². The Labute approximate surface area is 141 Å². The largest absolute Gasteiger partial charge is 0.341 e. The lowest BCUT2D eigenvalue weighted by Gasteiger charge is -2.49. The van der Waals surface area contributed by atoms with E-state index in [-0.39, 0.29) is 0 Å². The molecular weight excluding hydrogens is 340 g/mol. The first kappa shape index (κ1) is 14.9. The number of likely N-dealkylation sites (tertiary alicyclic amines) is 1. The van der Waals surface area contributed by atoms with Gasteiger partial charge in [0.05, 0.1) is 4.47 Å². The van der Waals surface area contributed by atoms with E-state index in [1.54, 1.807) is 0 Å². The molecule has 0 N–H and O–H groups in total. The van der Waals surface area contributed by atoms with Crippen LogP contribution in [0.5, 0.6) is 0 Å². The summed E-state index contributed by atoms with van der Waals surface area (Å²) in [6.45, 7) is 4.90. The molecule has 0 atom stereocenters. The Morgan fingerprint density at radius 2 is 1.55 bits per heavy atom. The lowest BCUT2D eigenvalue weighted by Crippen LogP contribution is -2.51. The third-order valence-corrected chi connectivity index (χ3v) is 6.57. The Morgan fingerprint density at radius 1 is 0.955 bits per heavy atom. The predicted molar refractivity (Wildman–Crippen MR) is 92.1 cm³/mol. The quantitative estimate of drug-likeness (QED) is 0.803. The van der Waals surface area contributed by atoms with Crippen molar-refractivity contribution in [1.82, 2.24) is 14.9 Å². The first-order valence-corrected chi connectivity index (χ1v) is 9.50. The fraction of sp³-hybridized carbons (Fsp3) is 0.765. The highest BCUT2D eigenvalue weighted by Gasteiger charge is 2.39. The van der Waals surface area contributed by atoms with Gasteiger partial charge in [0.1, 0.15) is 0 Å². The lowest BCUT2D eigenvalue weighted by molar-refractivity contribution is 0.0304. The van der Waals surface area contributed by atoms with E-state index in [2.05, 4.69) is 35.7 Å². The highest BCUT2D eigenvalue weighted by atomic mass is 79.9. The minimum absolute atomic E-state index is 0.603. The van der Waals surface area contributed by atoms with E-state index in [9.17, 15) is 0 Å². The van der Waals surface area contributed by atoms with Crippen LogP contribution in [0, 0.1) is 5.41 Å². The molecular formula is C17H25BrN4. The molecule has 5 heteroatoms. The van der Waals surface area contributed by atoms with Crippen LogP contribution in [0.3, 0.4) is 0 Å². The van der Waals surface area contributed by atoms with Crippen molar-refractivity contribution >= 4 is 21.9 Å². The summed E-state index contributed by atoms with van der Waals surface area (Å²) in [5, 5.41) is 0. The number of hydrogen-bond donors (Lipinski definition) is 0. The molecule has 4 rings (SSSR count). The van der Waals surface area contributed by atoms with Gasteiger partial charge in [-0.15, -0.1) is 0 Å². The van der Waals surface area contributed by atoms with Gasteiger partial charge in [0.15, 0.2) is 0 Å². The third-order valence-electron chi connectivity index (χ3n) is 6.16. The average molecular weight is 365 g/mol. The first-order chi connectivity index (χ1) is 10.7. The molecule has 0 radical (unpaired) electrons. The summed E-state index contributed by atoms with van der Waals surface area (Å²) in [7, 11) is 0. The molecule has 0 amide bonds. The molecule has 0 bridgehead atoms. The topological polar surface area (TPSA) is 32.3 Å². The van der Waals surface area contributed by atoms with Gasteiger partial charge in [0.2, 0.25) is 5.95 Å². The van der Waals surface area contributed by atoms with Crippen molar-refractivity contribution in [2.75, 3.05) is 31.1 Å². The Hall–Kier alpha value is -0.680. The molecule has 0 aromatic carbocycles. The predicted octanol–water partition coefficient (Wildman–Crippen LogP) is 3.47. The van der Waals surface area contributed by atoms with Gasteiger partial charge in [-0.1, -0.05) is 6.42 Å². The molecule has 4 nitrogen and oxygen atoms in total. The molecule has 3 fully saturated rings. The van der Waals surface area contributed by atoms with E-state index in [0.29, 0.717) is 5.41 Å². The van der Waals surface area contributed by atoms with Crippen molar-refractivity contribution in [2.45, 2.75) is 51.0 Å². The molecule has 22 heavy (non-hydrogen) atoms. The van der Waals surface area contributed by atoms with Crippen molar-refractivity contribution < 1.29 is 0 Å². The summed E-state index contributed by atoms with van der Waals surface area (Å²) >= 11 is 3.41.